The fraction of sp³-hybridized carbons (Fsp3) is 0.304. The van der Waals surface area contributed by atoms with E-state index >= 15 is 0 Å². The zero-order valence-corrected chi connectivity index (χ0v) is 16.5. The van der Waals surface area contributed by atoms with Gasteiger partial charge in [0.15, 0.2) is 0 Å². The summed E-state index contributed by atoms with van der Waals surface area (Å²) in [6.07, 6.45) is 1.92. The Labute approximate surface area is 166 Å². The minimum atomic E-state index is 0.629. The Morgan fingerprint density at radius 1 is 1.04 bits per heavy atom. The van der Waals surface area contributed by atoms with Gasteiger partial charge < -0.3 is 10.1 Å². The van der Waals surface area contributed by atoms with Gasteiger partial charge in [-0.25, -0.2) is 9.97 Å². The van der Waals surface area contributed by atoms with Gasteiger partial charge in [-0.1, -0.05) is 48.0 Å². The summed E-state index contributed by atoms with van der Waals surface area (Å²) in [4.78, 5) is 11.7. The van der Waals surface area contributed by atoms with Crippen molar-refractivity contribution in [3.63, 3.8) is 0 Å². The first-order valence-corrected chi connectivity index (χ1v) is 9.74. The first-order chi connectivity index (χ1) is 13.7. The molecule has 1 aliphatic heterocycles. The Bertz CT molecular complexity index is 934. The molecule has 0 saturated carbocycles. The largest absolute Gasteiger partial charge is 0.379 e. The minimum Gasteiger partial charge on any atom is -0.379 e. The second kappa shape index (κ2) is 8.50. The van der Waals surface area contributed by atoms with Gasteiger partial charge in [-0.2, -0.15) is 0 Å². The summed E-state index contributed by atoms with van der Waals surface area (Å²) in [6.45, 7) is 6.64. The number of benzene rings is 2. The van der Waals surface area contributed by atoms with Crippen LogP contribution in [0.2, 0.25) is 0 Å². The van der Waals surface area contributed by atoms with Gasteiger partial charge in [-0.3, -0.25) is 4.90 Å². The lowest BCUT2D eigenvalue weighted by Crippen LogP contribution is -2.35. The fourth-order valence-corrected chi connectivity index (χ4v) is 3.50. The van der Waals surface area contributed by atoms with E-state index in [-0.39, 0.29) is 0 Å². The molecular formula is C23H26N4O. The Kier molecular flexibility index (Phi) is 5.65. The molecule has 4 rings (SSSR count). The Balaban J connectivity index is 1.70. The molecule has 144 valence electrons. The standard InChI is InChI=1S/C23H26N4O/c1-17-6-8-19(9-7-17)22-21(15-25-23(24-2)26-22)20-5-3-4-18(14-20)16-27-10-12-28-13-11-27/h3-9,14-15H,10-13,16H2,1-2H3,(H,24,25,26). The van der Waals surface area contributed by atoms with Gasteiger partial charge in [0, 0.05) is 44.0 Å². The molecular weight excluding hydrogens is 348 g/mol. The number of nitrogens with zero attached hydrogens (tertiary/aromatic N) is 3. The molecule has 5 heteroatoms. The molecule has 0 amide bonds. The van der Waals surface area contributed by atoms with Crippen molar-refractivity contribution < 1.29 is 4.74 Å². The lowest BCUT2D eigenvalue weighted by molar-refractivity contribution is 0.0342. The van der Waals surface area contributed by atoms with E-state index in [1.807, 2.05) is 13.2 Å². The van der Waals surface area contributed by atoms with Crippen LogP contribution in [0, 0.1) is 6.92 Å². The number of morpholine rings is 1. The highest BCUT2D eigenvalue weighted by Crippen LogP contribution is 2.31. The molecule has 0 radical (unpaired) electrons. The SMILES string of the molecule is CNc1ncc(-c2cccc(CN3CCOCC3)c2)c(-c2ccc(C)cc2)n1. The molecule has 3 aromatic rings. The molecule has 1 aliphatic rings. The quantitative estimate of drug-likeness (QED) is 0.732. The Morgan fingerprint density at radius 3 is 2.57 bits per heavy atom. The minimum absolute atomic E-state index is 0.629. The molecule has 1 fully saturated rings. The topological polar surface area (TPSA) is 50.3 Å². The van der Waals surface area contributed by atoms with Gasteiger partial charge >= 0.3 is 0 Å². The second-order valence-corrected chi connectivity index (χ2v) is 7.16. The summed E-state index contributed by atoms with van der Waals surface area (Å²) >= 11 is 0. The van der Waals surface area contributed by atoms with E-state index in [1.165, 1.54) is 11.1 Å². The van der Waals surface area contributed by atoms with Crippen molar-refractivity contribution >= 4 is 5.95 Å². The molecule has 1 N–H and O–H groups in total. The molecule has 2 heterocycles. The fourth-order valence-electron chi connectivity index (χ4n) is 3.50. The number of hydrogen-bond donors (Lipinski definition) is 1. The van der Waals surface area contributed by atoms with E-state index in [9.17, 15) is 0 Å². The molecule has 0 bridgehead atoms. The van der Waals surface area contributed by atoms with Crippen LogP contribution in [-0.4, -0.2) is 48.2 Å². The first kappa shape index (κ1) is 18.6. The Morgan fingerprint density at radius 2 is 1.82 bits per heavy atom. The molecule has 0 atom stereocenters. The molecule has 0 unspecified atom stereocenters. The van der Waals surface area contributed by atoms with E-state index < -0.39 is 0 Å². The number of ether oxygens (including phenoxy) is 1. The summed E-state index contributed by atoms with van der Waals surface area (Å²) in [5.74, 6) is 0.629. The van der Waals surface area contributed by atoms with Crippen LogP contribution in [0.1, 0.15) is 11.1 Å². The van der Waals surface area contributed by atoms with E-state index in [0.29, 0.717) is 5.95 Å². The van der Waals surface area contributed by atoms with Crippen molar-refractivity contribution in [2.45, 2.75) is 13.5 Å². The van der Waals surface area contributed by atoms with Crippen molar-refractivity contribution in [3.8, 4) is 22.4 Å². The lowest BCUT2D eigenvalue weighted by Gasteiger charge is -2.26. The molecule has 28 heavy (non-hydrogen) atoms. The zero-order valence-electron chi connectivity index (χ0n) is 16.5. The monoisotopic (exact) mass is 374 g/mol. The maximum atomic E-state index is 5.46. The number of nitrogens with one attached hydrogen (secondary N) is 1. The zero-order chi connectivity index (χ0) is 19.3. The number of hydrogen-bond acceptors (Lipinski definition) is 5. The average Bonchev–Trinajstić information content (AvgIpc) is 2.75. The lowest BCUT2D eigenvalue weighted by atomic mass is 9.98. The molecule has 1 saturated heterocycles. The third-order valence-electron chi connectivity index (χ3n) is 5.09. The van der Waals surface area contributed by atoms with Gasteiger partial charge in [0.25, 0.3) is 0 Å². The van der Waals surface area contributed by atoms with Crippen molar-refractivity contribution in [2.75, 3.05) is 38.7 Å². The number of anilines is 1. The second-order valence-electron chi connectivity index (χ2n) is 7.16. The van der Waals surface area contributed by atoms with Crippen LogP contribution in [0.25, 0.3) is 22.4 Å². The highest BCUT2D eigenvalue weighted by molar-refractivity contribution is 5.81. The first-order valence-electron chi connectivity index (χ1n) is 9.74. The third kappa shape index (κ3) is 4.21. The van der Waals surface area contributed by atoms with Gasteiger partial charge in [0.05, 0.1) is 18.9 Å². The van der Waals surface area contributed by atoms with Crippen LogP contribution in [0.15, 0.2) is 54.7 Å². The third-order valence-corrected chi connectivity index (χ3v) is 5.09. The van der Waals surface area contributed by atoms with Crippen molar-refractivity contribution in [1.29, 1.82) is 0 Å². The van der Waals surface area contributed by atoms with Crippen LogP contribution < -0.4 is 5.32 Å². The van der Waals surface area contributed by atoms with E-state index in [2.05, 4.69) is 70.7 Å². The van der Waals surface area contributed by atoms with Crippen LogP contribution in [0.4, 0.5) is 5.95 Å². The normalized spacial score (nSPS) is 14.8. The van der Waals surface area contributed by atoms with Crippen molar-refractivity contribution in [1.82, 2.24) is 14.9 Å². The maximum absolute atomic E-state index is 5.46. The summed E-state index contributed by atoms with van der Waals surface area (Å²) in [5, 5.41) is 3.05. The van der Waals surface area contributed by atoms with E-state index in [0.717, 1.165) is 55.2 Å². The molecule has 1 aromatic heterocycles. The molecule has 0 spiro atoms. The summed E-state index contributed by atoms with van der Waals surface area (Å²) in [5.41, 5.74) is 6.77. The van der Waals surface area contributed by atoms with Crippen LogP contribution in [-0.2, 0) is 11.3 Å². The average molecular weight is 374 g/mol. The predicted molar refractivity (Wildman–Crippen MR) is 113 cm³/mol. The summed E-state index contributed by atoms with van der Waals surface area (Å²) in [7, 11) is 1.84. The van der Waals surface area contributed by atoms with Gasteiger partial charge in [0.1, 0.15) is 0 Å². The van der Waals surface area contributed by atoms with Gasteiger partial charge in [-0.15, -0.1) is 0 Å². The van der Waals surface area contributed by atoms with Crippen LogP contribution in [0.5, 0.6) is 0 Å². The van der Waals surface area contributed by atoms with Crippen LogP contribution >= 0.6 is 0 Å². The van der Waals surface area contributed by atoms with Crippen LogP contribution in [0.3, 0.4) is 0 Å². The predicted octanol–water partition coefficient (Wildman–Crippen LogP) is 3.99. The highest BCUT2D eigenvalue weighted by atomic mass is 16.5. The number of rotatable bonds is 5. The van der Waals surface area contributed by atoms with E-state index in [1.54, 1.807) is 0 Å². The van der Waals surface area contributed by atoms with E-state index in [4.69, 9.17) is 9.72 Å². The smallest absolute Gasteiger partial charge is 0.222 e. The van der Waals surface area contributed by atoms with Gasteiger partial charge in [0.2, 0.25) is 5.95 Å². The van der Waals surface area contributed by atoms with Gasteiger partial charge in [-0.05, 0) is 24.1 Å². The number of aryl methyl sites for hydroxylation is 1. The summed E-state index contributed by atoms with van der Waals surface area (Å²) in [6, 6.07) is 17.2. The van der Waals surface area contributed by atoms with Crippen molar-refractivity contribution in [3.05, 3.63) is 65.9 Å². The molecule has 5 nitrogen and oxygen atoms in total. The Hall–Kier alpha value is -2.76. The highest BCUT2D eigenvalue weighted by Gasteiger charge is 2.14. The molecule has 0 aliphatic carbocycles. The molecule has 2 aromatic carbocycles. The number of aromatic nitrogens is 2. The maximum Gasteiger partial charge on any atom is 0.222 e. The van der Waals surface area contributed by atoms with Crippen molar-refractivity contribution in [2.24, 2.45) is 0 Å². The summed E-state index contributed by atoms with van der Waals surface area (Å²) < 4.78 is 5.46.